The topological polar surface area (TPSA) is 43.8 Å². The van der Waals surface area contributed by atoms with Gasteiger partial charge in [0.1, 0.15) is 10.8 Å². The quantitative estimate of drug-likeness (QED) is 0.916. The Morgan fingerprint density at radius 2 is 2.00 bits per heavy atom. The molecule has 0 radical (unpaired) electrons. The third-order valence-electron chi connectivity index (χ3n) is 3.18. The molecule has 1 heterocycles. The van der Waals surface area contributed by atoms with E-state index in [4.69, 9.17) is 17.3 Å². The van der Waals surface area contributed by atoms with Crippen LogP contribution in [0.15, 0.2) is 30.3 Å². The number of aromatic nitrogens is 2. The van der Waals surface area contributed by atoms with Crippen LogP contribution in [0, 0.1) is 6.92 Å². The van der Waals surface area contributed by atoms with Gasteiger partial charge in [-0.15, -0.1) is 0 Å². The third kappa shape index (κ3) is 2.51. The predicted octanol–water partition coefficient (Wildman–Crippen LogP) is 3.62. The highest BCUT2D eigenvalue weighted by Crippen LogP contribution is 2.28. The molecule has 2 N–H and O–H groups in total. The van der Waals surface area contributed by atoms with Crippen LogP contribution in [0.25, 0.3) is 0 Å². The summed E-state index contributed by atoms with van der Waals surface area (Å²) in [7, 11) is 0. The third-order valence-corrected chi connectivity index (χ3v) is 3.65. The zero-order chi connectivity index (χ0) is 13.1. The number of nitrogens with zero attached hydrogens (tertiary/aromatic N) is 2. The molecule has 0 aliphatic rings. The van der Waals surface area contributed by atoms with E-state index in [1.54, 1.807) is 0 Å². The van der Waals surface area contributed by atoms with Crippen LogP contribution in [0.3, 0.4) is 0 Å². The molecule has 1 aromatic heterocycles. The minimum atomic E-state index is 0.249. The molecule has 2 rings (SSSR count). The monoisotopic (exact) mass is 263 g/mol. The fourth-order valence-electron chi connectivity index (χ4n) is 2.11. The first-order valence-corrected chi connectivity index (χ1v) is 6.55. The van der Waals surface area contributed by atoms with Crippen molar-refractivity contribution in [3.63, 3.8) is 0 Å². The first-order chi connectivity index (χ1) is 8.63. The van der Waals surface area contributed by atoms with Crippen molar-refractivity contribution in [2.75, 3.05) is 5.73 Å². The summed E-state index contributed by atoms with van der Waals surface area (Å²) in [6.45, 7) is 4.02. The van der Waals surface area contributed by atoms with E-state index in [0.29, 0.717) is 10.8 Å². The number of aryl methyl sites for hydroxylation is 1. The summed E-state index contributed by atoms with van der Waals surface area (Å²) in [4.78, 5) is 0. The van der Waals surface area contributed by atoms with Crippen LogP contribution in [0.5, 0.6) is 0 Å². The number of halogens is 1. The Labute approximate surface area is 113 Å². The molecule has 18 heavy (non-hydrogen) atoms. The van der Waals surface area contributed by atoms with Gasteiger partial charge in [0.15, 0.2) is 0 Å². The molecule has 0 saturated heterocycles. The fraction of sp³-hybridized carbons (Fsp3) is 0.357. The predicted molar refractivity (Wildman–Crippen MR) is 75.9 cm³/mol. The van der Waals surface area contributed by atoms with E-state index in [1.807, 2.05) is 29.8 Å². The lowest BCUT2D eigenvalue weighted by Crippen LogP contribution is -2.15. The number of hydrogen-bond acceptors (Lipinski definition) is 2. The van der Waals surface area contributed by atoms with E-state index in [0.717, 1.165) is 18.5 Å². The van der Waals surface area contributed by atoms with Crippen molar-refractivity contribution >= 4 is 17.4 Å². The van der Waals surface area contributed by atoms with Gasteiger partial charge in [-0.05, 0) is 25.3 Å². The second-order valence-corrected chi connectivity index (χ2v) is 4.86. The van der Waals surface area contributed by atoms with Gasteiger partial charge in [-0.3, -0.25) is 0 Å². The number of nitrogens with two attached hydrogens (primary N) is 1. The number of rotatable bonds is 4. The standard InChI is InChI=1S/C14H18ClN3/c1-3-12(9-11-7-5-4-6-8-11)18-14(16)13(15)10(2)17-18/h4-8,12H,3,9,16H2,1-2H3. The Balaban J connectivity index is 2.26. The van der Waals surface area contributed by atoms with Gasteiger partial charge >= 0.3 is 0 Å². The smallest absolute Gasteiger partial charge is 0.141 e. The van der Waals surface area contributed by atoms with Crippen molar-refractivity contribution in [3.05, 3.63) is 46.6 Å². The Morgan fingerprint density at radius 3 is 2.50 bits per heavy atom. The molecule has 0 aliphatic heterocycles. The summed E-state index contributed by atoms with van der Waals surface area (Å²) in [5, 5.41) is 5.01. The van der Waals surface area contributed by atoms with E-state index in [2.05, 4.69) is 24.2 Å². The Bertz CT molecular complexity index is 519. The first-order valence-electron chi connectivity index (χ1n) is 6.17. The molecular weight excluding hydrogens is 246 g/mol. The van der Waals surface area contributed by atoms with Gasteiger partial charge in [-0.2, -0.15) is 5.10 Å². The molecule has 3 nitrogen and oxygen atoms in total. The van der Waals surface area contributed by atoms with Crippen LogP contribution < -0.4 is 5.73 Å². The van der Waals surface area contributed by atoms with Crippen LogP contribution in [0.2, 0.25) is 5.02 Å². The first kappa shape index (κ1) is 13.0. The van der Waals surface area contributed by atoms with E-state index in [1.165, 1.54) is 5.56 Å². The Kier molecular flexibility index (Phi) is 3.92. The normalized spacial score (nSPS) is 12.6. The van der Waals surface area contributed by atoms with Gasteiger partial charge < -0.3 is 5.73 Å². The summed E-state index contributed by atoms with van der Waals surface area (Å²) >= 11 is 6.09. The maximum atomic E-state index is 6.09. The zero-order valence-electron chi connectivity index (χ0n) is 10.7. The highest BCUT2D eigenvalue weighted by molar-refractivity contribution is 6.33. The van der Waals surface area contributed by atoms with Gasteiger partial charge in [0.25, 0.3) is 0 Å². The van der Waals surface area contributed by atoms with E-state index in [-0.39, 0.29) is 6.04 Å². The number of benzene rings is 1. The van der Waals surface area contributed by atoms with Gasteiger partial charge in [0.05, 0.1) is 11.7 Å². The summed E-state index contributed by atoms with van der Waals surface area (Å²) in [5.41, 5.74) is 8.08. The van der Waals surface area contributed by atoms with Crippen LogP contribution in [0.1, 0.15) is 30.6 Å². The molecule has 2 aromatic rings. The molecule has 0 saturated carbocycles. The number of nitrogen functional groups attached to an aromatic ring is 1. The molecule has 1 unspecified atom stereocenters. The van der Waals surface area contributed by atoms with Crippen LogP contribution >= 0.6 is 11.6 Å². The second-order valence-electron chi connectivity index (χ2n) is 4.48. The molecule has 0 spiro atoms. The second kappa shape index (κ2) is 5.44. The SMILES string of the molecule is CCC(Cc1ccccc1)n1nc(C)c(Cl)c1N. The average molecular weight is 264 g/mol. The molecular formula is C14H18ClN3. The molecule has 0 amide bonds. The lowest BCUT2D eigenvalue weighted by Gasteiger charge is -2.17. The fourth-order valence-corrected chi connectivity index (χ4v) is 2.24. The van der Waals surface area contributed by atoms with Gasteiger partial charge in [-0.1, -0.05) is 48.9 Å². The molecule has 0 bridgehead atoms. The molecule has 96 valence electrons. The minimum Gasteiger partial charge on any atom is -0.383 e. The van der Waals surface area contributed by atoms with Crippen LogP contribution in [-0.2, 0) is 6.42 Å². The van der Waals surface area contributed by atoms with Crippen molar-refractivity contribution in [3.8, 4) is 0 Å². The maximum Gasteiger partial charge on any atom is 0.141 e. The van der Waals surface area contributed by atoms with E-state index in [9.17, 15) is 0 Å². The Hall–Kier alpha value is -1.48. The van der Waals surface area contributed by atoms with Gasteiger partial charge in [0, 0.05) is 0 Å². The van der Waals surface area contributed by atoms with Crippen LogP contribution in [0.4, 0.5) is 5.82 Å². The highest BCUT2D eigenvalue weighted by atomic mass is 35.5. The molecule has 0 fully saturated rings. The van der Waals surface area contributed by atoms with E-state index >= 15 is 0 Å². The summed E-state index contributed by atoms with van der Waals surface area (Å²) in [6.07, 6.45) is 1.88. The minimum absolute atomic E-state index is 0.249. The zero-order valence-corrected chi connectivity index (χ0v) is 11.5. The Morgan fingerprint density at radius 1 is 1.33 bits per heavy atom. The summed E-state index contributed by atoms with van der Waals surface area (Å²) in [5.74, 6) is 0.567. The van der Waals surface area contributed by atoms with E-state index < -0.39 is 0 Å². The number of hydrogen-bond donors (Lipinski definition) is 1. The van der Waals surface area contributed by atoms with Crippen molar-refractivity contribution < 1.29 is 0 Å². The maximum absolute atomic E-state index is 6.09. The lowest BCUT2D eigenvalue weighted by atomic mass is 10.0. The highest BCUT2D eigenvalue weighted by Gasteiger charge is 2.17. The lowest BCUT2D eigenvalue weighted by molar-refractivity contribution is 0.442. The van der Waals surface area contributed by atoms with Crippen molar-refractivity contribution in [2.45, 2.75) is 32.7 Å². The van der Waals surface area contributed by atoms with Crippen LogP contribution in [-0.4, -0.2) is 9.78 Å². The summed E-state index contributed by atoms with van der Waals surface area (Å²) < 4.78 is 1.85. The molecule has 4 heteroatoms. The van der Waals surface area contributed by atoms with Gasteiger partial charge in [-0.25, -0.2) is 4.68 Å². The molecule has 0 aliphatic carbocycles. The molecule has 1 aromatic carbocycles. The summed E-state index contributed by atoms with van der Waals surface area (Å²) in [6, 6.07) is 10.6. The van der Waals surface area contributed by atoms with Crippen molar-refractivity contribution in [2.24, 2.45) is 0 Å². The average Bonchev–Trinajstić information content (AvgIpc) is 2.65. The van der Waals surface area contributed by atoms with Crippen molar-refractivity contribution in [1.29, 1.82) is 0 Å². The number of anilines is 1. The largest absolute Gasteiger partial charge is 0.383 e. The van der Waals surface area contributed by atoms with Gasteiger partial charge in [0.2, 0.25) is 0 Å². The molecule has 1 atom stereocenters. The van der Waals surface area contributed by atoms with Crippen molar-refractivity contribution in [1.82, 2.24) is 9.78 Å².